The summed E-state index contributed by atoms with van der Waals surface area (Å²) in [4.78, 5) is 2.33. The minimum Gasteiger partial charge on any atom is -0.395 e. The van der Waals surface area contributed by atoms with Crippen molar-refractivity contribution in [1.29, 1.82) is 0 Å². The summed E-state index contributed by atoms with van der Waals surface area (Å²) in [6, 6.07) is 6.68. The van der Waals surface area contributed by atoms with Gasteiger partial charge < -0.3 is 5.11 Å². The van der Waals surface area contributed by atoms with Crippen molar-refractivity contribution in [3.63, 3.8) is 0 Å². The first-order chi connectivity index (χ1) is 8.15. The molecule has 0 amide bonds. The standard InChI is InChI=1S/C15H25NO/c1-4-5-6-16(7-8-17)12-15-10-13(2)9-14(3)11-15/h9-11,17H,4-8,12H2,1-3H3. The van der Waals surface area contributed by atoms with Crippen LogP contribution in [-0.2, 0) is 6.54 Å². The van der Waals surface area contributed by atoms with Gasteiger partial charge in [-0.05, 0) is 32.4 Å². The maximum absolute atomic E-state index is 9.08. The van der Waals surface area contributed by atoms with E-state index in [9.17, 15) is 0 Å². The Kier molecular flexibility index (Phi) is 6.23. The van der Waals surface area contributed by atoms with Crippen LogP contribution in [0.1, 0.15) is 36.5 Å². The molecule has 0 aliphatic heterocycles. The molecular formula is C15H25NO. The molecule has 1 aromatic rings. The van der Waals surface area contributed by atoms with Gasteiger partial charge >= 0.3 is 0 Å². The third-order valence-electron chi connectivity index (χ3n) is 2.93. The highest BCUT2D eigenvalue weighted by Gasteiger charge is 2.05. The van der Waals surface area contributed by atoms with Crippen LogP contribution in [0, 0.1) is 13.8 Å². The van der Waals surface area contributed by atoms with Crippen LogP contribution in [0.4, 0.5) is 0 Å². The number of aliphatic hydroxyl groups excluding tert-OH is 1. The van der Waals surface area contributed by atoms with E-state index in [1.165, 1.54) is 29.5 Å². The molecule has 1 rings (SSSR count). The predicted molar refractivity (Wildman–Crippen MR) is 73.2 cm³/mol. The van der Waals surface area contributed by atoms with Gasteiger partial charge in [-0.3, -0.25) is 4.90 Å². The monoisotopic (exact) mass is 235 g/mol. The van der Waals surface area contributed by atoms with E-state index < -0.39 is 0 Å². The first kappa shape index (κ1) is 14.2. The molecule has 0 spiro atoms. The smallest absolute Gasteiger partial charge is 0.0558 e. The van der Waals surface area contributed by atoms with Crippen LogP contribution in [0.3, 0.4) is 0 Å². The normalized spacial score (nSPS) is 11.1. The van der Waals surface area contributed by atoms with Gasteiger partial charge in [0.05, 0.1) is 6.61 Å². The van der Waals surface area contributed by atoms with Crippen LogP contribution in [0.2, 0.25) is 0 Å². The molecule has 0 saturated heterocycles. The molecule has 0 heterocycles. The van der Waals surface area contributed by atoms with Gasteiger partial charge in [-0.2, -0.15) is 0 Å². The van der Waals surface area contributed by atoms with E-state index in [-0.39, 0.29) is 6.61 Å². The molecule has 0 unspecified atom stereocenters. The number of aryl methyl sites for hydroxylation is 2. The quantitative estimate of drug-likeness (QED) is 0.785. The molecule has 1 N–H and O–H groups in total. The zero-order valence-corrected chi connectivity index (χ0v) is 11.4. The fourth-order valence-corrected chi connectivity index (χ4v) is 2.21. The van der Waals surface area contributed by atoms with Crippen LogP contribution in [0.15, 0.2) is 18.2 Å². The lowest BCUT2D eigenvalue weighted by Gasteiger charge is -2.21. The van der Waals surface area contributed by atoms with Crippen molar-refractivity contribution >= 4 is 0 Å². The molecule has 0 aromatic heterocycles. The van der Waals surface area contributed by atoms with Gasteiger partial charge in [0.1, 0.15) is 0 Å². The fourth-order valence-electron chi connectivity index (χ4n) is 2.21. The average molecular weight is 235 g/mol. The molecular weight excluding hydrogens is 210 g/mol. The van der Waals surface area contributed by atoms with Crippen molar-refractivity contribution < 1.29 is 5.11 Å². The molecule has 0 atom stereocenters. The molecule has 17 heavy (non-hydrogen) atoms. The Morgan fingerprint density at radius 1 is 1.06 bits per heavy atom. The summed E-state index contributed by atoms with van der Waals surface area (Å²) in [7, 11) is 0. The summed E-state index contributed by atoms with van der Waals surface area (Å²) in [5.41, 5.74) is 3.99. The van der Waals surface area contributed by atoms with Crippen molar-refractivity contribution in [2.75, 3.05) is 19.7 Å². The van der Waals surface area contributed by atoms with Gasteiger partial charge in [0, 0.05) is 13.1 Å². The second-order valence-corrected chi connectivity index (χ2v) is 4.85. The van der Waals surface area contributed by atoms with Crippen molar-refractivity contribution in [2.45, 2.75) is 40.2 Å². The molecule has 0 aliphatic rings. The van der Waals surface area contributed by atoms with Crippen molar-refractivity contribution in [1.82, 2.24) is 4.90 Å². The number of hydrogen-bond acceptors (Lipinski definition) is 2. The molecule has 0 bridgehead atoms. The molecule has 1 aromatic carbocycles. The number of rotatable bonds is 7. The maximum Gasteiger partial charge on any atom is 0.0558 e. The van der Waals surface area contributed by atoms with Gasteiger partial charge in [0.2, 0.25) is 0 Å². The van der Waals surface area contributed by atoms with E-state index in [2.05, 4.69) is 43.9 Å². The van der Waals surface area contributed by atoms with Crippen LogP contribution in [0.5, 0.6) is 0 Å². The lowest BCUT2D eigenvalue weighted by molar-refractivity contribution is 0.188. The number of hydrogen-bond donors (Lipinski definition) is 1. The highest BCUT2D eigenvalue weighted by molar-refractivity contribution is 5.28. The maximum atomic E-state index is 9.08. The SMILES string of the molecule is CCCCN(CCO)Cc1cc(C)cc(C)c1. The molecule has 2 heteroatoms. The Balaban J connectivity index is 2.63. The molecule has 0 saturated carbocycles. The predicted octanol–water partition coefficient (Wildman–Crippen LogP) is 2.90. The van der Waals surface area contributed by atoms with E-state index >= 15 is 0 Å². The number of aliphatic hydroxyl groups is 1. The van der Waals surface area contributed by atoms with Gasteiger partial charge in [0.15, 0.2) is 0 Å². The first-order valence-electron chi connectivity index (χ1n) is 6.56. The van der Waals surface area contributed by atoms with E-state index in [1.807, 2.05) is 0 Å². The third kappa shape index (κ3) is 5.33. The van der Waals surface area contributed by atoms with E-state index in [0.29, 0.717) is 0 Å². The molecule has 0 aliphatic carbocycles. The van der Waals surface area contributed by atoms with E-state index in [4.69, 9.17) is 5.11 Å². The average Bonchev–Trinajstić information content (AvgIpc) is 2.24. The minimum absolute atomic E-state index is 0.245. The summed E-state index contributed by atoms with van der Waals surface area (Å²) in [6.07, 6.45) is 2.40. The topological polar surface area (TPSA) is 23.5 Å². The largest absolute Gasteiger partial charge is 0.395 e. The highest BCUT2D eigenvalue weighted by atomic mass is 16.3. The van der Waals surface area contributed by atoms with Crippen LogP contribution in [-0.4, -0.2) is 29.7 Å². The Morgan fingerprint density at radius 3 is 2.24 bits per heavy atom. The second-order valence-electron chi connectivity index (χ2n) is 4.85. The van der Waals surface area contributed by atoms with Crippen molar-refractivity contribution in [3.05, 3.63) is 34.9 Å². The molecule has 2 nitrogen and oxygen atoms in total. The van der Waals surface area contributed by atoms with E-state index in [1.54, 1.807) is 0 Å². The summed E-state index contributed by atoms with van der Waals surface area (Å²) >= 11 is 0. The summed E-state index contributed by atoms with van der Waals surface area (Å²) in [5, 5.41) is 9.08. The number of unbranched alkanes of at least 4 members (excludes halogenated alkanes) is 1. The van der Waals surface area contributed by atoms with Gasteiger partial charge in [-0.25, -0.2) is 0 Å². The zero-order valence-electron chi connectivity index (χ0n) is 11.4. The Morgan fingerprint density at radius 2 is 1.71 bits per heavy atom. The Labute approximate surface area is 105 Å². The fraction of sp³-hybridized carbons (Fsp3) is 0.600. The third-order valence-corrected chi connectivity index (χ3v) is 2.93. The van der Waals surface area contributed by atoms with Gasteiger partial charge in [-0.1, -0.05) is 42.7 Å². The zero-order chi connectivity index (χ0) is 12.7. The van der Waals surface area contributed by atoms with Crippen LogP contribution in [0.25, 0.3) is 0 Å². The molecule has 0 radical (unpaired) electrons. The Hall–Kier alpha value is -0.860. The van der Waals surface area contributed by atoms with Crippen LogP contribution >= 0.6 is 0 Å². The Bertz CT molecular complexity index is 315. The lowest BCUT2D eigenvalue weighted by Crippen LogP contribution is -2.27. The summed E-state index contributed by atoms with van der Waals surface area (Å²) in [6.45, 7) is 9.51. The molecule has 96 valence electrons. The van der Waals surface area contributed by atoms with Crippen LogP contribution < -0.4 is 0 Å². The van der Waals surface area contributed by atoms with Crippen molar-refractivity contribution in [3.8, 4) is 0 Å². The first-order valence-corrected chi connectivity index (χ1v) is 6.56. The minimum atomic E-state index is 0.245. The summed E-state index contributed by atoms with van der Waals surface area (Å²) < 4.78 is 0. The lowest BCUT2D eigenvalue weighted by atomic mass is 10.1. The van der Waals surface area contributed by atoms with Gasteiger partial charge in [0.25, 0.3) is 0 Å². The van der Waals surface area contributed by atoms with E-state index in [0.717, 1.165) is 19.6 Å². The van der Waals surface area contributed by atoms with Crippen molar-refractivity contribution in [2.24, 2.45) is 0 Å². The second kappa shape index (κ2) is 7.46. The number of nitrogens with zero attached hydrogens (tertiary/aromatic N) is 1. The number of benzene rings is 1. The highest BCUT2D eigenvalue weighted by Crippen LogP contribution is 2.11. The molecule has 0 fully saturated rings. The summed E-state index contributed by atoms with van der Waals surface area (Å²) in [5.74, 6) is 0. The van der Waals surface area contributed by atoms with Gasteiger partial charge in [-0.15, -0.1) is 0 Å².